The van der Waals surface area contributed by atoms with Crippen LogP contribution in [-0.4, -0.2) is 75.1 Å². The van der Waals surface area contributed by atoms with E-state index in [-0.39, 0.29) is 11.8 Å². The number of carbonyl (C=O) groups is 2. The van der Waals surface area contributed by atoms with Gasteiger partial charge in [0.15, 0.2) is 0 Å². The molecule has 0 saturated carbocycles. The van der Waals surface area contributed by atoms with E-state index in [1.807, 2.05) is 41.9 Å². The molecule has 2 aliphatic heterocycles. The minimum absolute atomic E-state index is 0.0382. The van der Waals surface area contributed by atoms with E-state index in [2.05, 4.69) is 23.1 Å². The number of likely N-dealkylation sites (N-methyl/N-ethyl adjacent to an activating group) is 1. The highest BCUT2D eigenvalue weighted by atomic mass is 16.2. The van der Waals surface area contributed by atoms with Gasteiger partial charge in [0.1, 0.15) is 12.1 Å². The monoisotopic (exact) mass is 395 g/mol. The third kappa shape index (κ3) is 3.79. The number of hydrogen-bond acceptors (Lipinski definition) is 4. The number of rotatable bonds is 5. The summed E-state index contributed by atoms with van der Waals surface area (Å²) in [4.78, 5) is 32.0. The van der Waals surface area contributed by atoms with E-state index in [9.17, 15) is 9.59 Å². The van der Waals surface area contributed by atoms with Crippen LogP contribution in [0.25, 0.3) is 0 Å². The van der Waals surface area contributed by atoms with Crippen molar-refractivity contribution in [2.75, 3.05) is 26.7 Å². The normalized spacial score (nSPS) is 22.9. The van der Waals surface area contributed by atoms with E-state index >= 15 is 0 Å². The van der Waals surface area contributed by atoms with Crippen molar-refractivity contribution in [3.8, 4) is 0 Å². The van der Waals surface area contributed by atoms with Crippen LogP contribution in [0.15, 0.2) is 36.5 Å². The molecule has 0 unspecified atom stereocenters. The van der Waals surface area contributed by atoms with Crippen LogP contribution in [0.2, 0.25) is 0 Å². The van der Waals surface area contributed by atoms with Crippen LogP contribution in [0.5, 0.6) is 0 Å². The van der Waals surface area contributed by atoms with E-state index in [0.717, 1.165) is 30.9 Å². The van der Waals surface area contributed by atoms with Gasteiger partial charge >= 0.3 is 0 Å². The quantitative estimate of drug-likeness (QED) is 0.766. The van der Waals surface area contributed by atoms with E-state index in [1.165, 1.54) is 5.56 Å². The molecule has 2 aliphatic rings. The SMILES string of the molecule is CCn1cc(CN2CCN3C(=O)[C@H](Cc4ccccc4)N(C)C(=O)[C@H]3C2)c(C)n1. The number of carbonyl (C=O) groups excluding carboxylic acids is 2. The van der Waals surface area contributed by atoms with Gasteiger partial charge in [-0.2, -0.15) is 5.10 Å². The average molecular weight is 396 g/mol. The van der Waals surface area contributed by atoms with Gasteiger partial charge in [-0.25, -0.2) is 0 Å². The first-order chi connectivity index (χ1) is 14.0. The molecular formula is C22H29N5O2. The highest BCUT2D eigenvalue weighted by Gasteiger charge is 2.46. The first kappa shape index (κ1) is 19.6. The summed E-state index contributed by atoms with van der Waals surface area (Å²) in [7, 11) is 1.76. The third-order valence-corrected chi connectivity index (χ3v) is 6.17. The summed E-state index contributed by atoms with van der Waals surface area (Å²) < 4.78 is 1.94. The molecule has 0 spiro atoms. The van der Waals surface area contributed by atoms with Crippen LogP contribution < -0.4 is 0 Å². The maximum Gasteiger partial charge on any atom is 0.247 e. The van der Waals surface area contributed by atoms with Gasteiger partial charge in [0.25, 0.3) is 0 Å². The van der Waals surface area contributed by atoms with Crippen molar-refractivity contribution in [1.29, 1.82) is 0 Å². The van der Waals surface area contributed by atoms with Crippen molar-refractivity contribution in [2.24, 2.45) is 0 Å². The zero-order valence-electron chi connectivity index (χ0n) is 17.4. The number of piperazine rings is 2. The van der Waals surface area contributed by atoms with Crippen molar-refractivity contribution in [3.05, 3.63) is 53.3 Å². The number of aryl methyl sites for hydroxylation is 2. The maximum absolute atomic E-state index is 13.2. The minimum Gasteiger partial charge on any atom is -0.332 e. The molecular weight excluding hydrogens is 366 g/mol. The molecule has 1 aromatic heterocycles. The smallest absolute Gasteiger partial charge is 0.247 e. The van der Waals surface area contributed by atoms with Crippen molar-refractivity contribution in [3.63, 3.8) is 0 Å². The zero-order chi connectivity index (χ0) is 20.5. The van der Waals surface area contributed by atoms with E-state index < -0.39 is 12.1 Å². The number of amides is 2. The molecule has 0 N–H and O–H groups in total. The van der Waals surface area contributed by atoms with E-state index in [4.69, 9.17) is 0 Å². The number of nitrogens with zero attached hydrogens (tertiary/aromatic N) is 5. The minimum atomic E-state index is -0.419. The van der Waals surface area contributed by atoms with Gasteiger partial charge in [-0.15, -0.1) is 0 Å². The lowest BCUT2D eigenvalue weighted by Crippen LogP contribution is -2.69. The predicted molar refractivity (Wildman–Crippen MR) is 110 cm³/mol. The summed E-state index contributed by atoms with van der Waals surface area (Å²) in [5.74, 6) is 0.104. The Bertz CT molecular complexity index is 894. The second-order valence-corrected chi connectivity index (χ2v) is 8.03. The first-order valence-electron chi connectivity index (χ1n) is 10.3. The summed E-state index contributed by atoms with van der Waals surface area (Å²) in [6.07, 6.45) is 2.64. The molecule has 2 aromatic rings. The van der Waals surface area contributed by atoms with Crippen LogP contribution in [-0.2, 0) is 29.1 Å². The molecule has 1 aromatic carbocycles. The topological polar surface area (TPSA) is 61.7 Å². The van der Waals surface area contributed by atoms with Crippen molar-refractivity contribution in [2.45, 2.75) is 45.4 Å². The molecule has 0 radical (unpaired) electrons. The summed E-state index contributed by atoms with van der Waals surface area (Å²) >= 11 is 0. The van der Waals surface area contributed by atoms with Crippen molar-refractivity contribution < 1.29 is 9.59 Å². The van der Waals surface area contributed by atoms with Crippen LogP contribution in [0.4, 0.5) is 0 Å². The summed E-state index contributed by atoms with van der Waals surface area (Å²) in [6.45, 7) is 7.64. The molecule has 2 amide bonds. The highest BCUT2D eigenvalue weighted by Crippen LogP contribution is 2.24. The highest BCUT2D eigenvalue weighted by molar-refractivity contribution is 5.97. The summed E-state index contributed by atoms with van der Waals surface area (Å²) in [5, 5.41) is 4.52. The molecule has 154 valence electrons. The fraction of sp³-hybridized carbons (Fsp3) is 0.500. The number of aromatic nitrogens is 2. The Morgan fingerprint density at radius 3 is 2.55 bits per heavy atom. The number of hydrogen-bond donors (Lipinski definition) is 0. The Kier molecular flexibility index (Phi) is 5.41. The van der Waals surface area contributed by atoms with Crippen LogP contribution in [0, 0.1) is 6.92 Å². The molecule has 4 rings (SSSR count). The average Bonchev–Trinajstić information content (AvgIpc) is 3.09. The van der Waals surface area contributed by atoms with Gasteiger partial charge in [0.05, 0.1) is 5.69 Å². The Morgan fingerprint density at radius 2 is 1.86 bits per heavy atom. The molecule has 29 heavy (non-hydrogen) atoms. The lowest BCUT2D eigenvalue weighted by molar-refractivity contribution is -0.164. The maximum atomic E-state index is 13.2. The largest absolute Gasteiger partial charge is 0.332 e. The Labute approximate surface area is 171 Å². The molecule has 2 atom stereocenters. The Balaban J connectivity index is 1.46. The van der Waals surface area contributed by atoms with Gasteiger partial charge in [-0.1, -0.05) is 30.3 Å². The molecule has 2 saturated heterocycles. The number of fused-ring (bicyclic) bond motifs is 1. The second-order valence-electron chi connectivity index (χ2n) is 8.03. The molecule has 7 heteroatoms. The van der Waals surface area contributed by atoms with Gasteiger partial charge in [-0.3, -0.25) is 19.2 Å². The van der Waals surface area contributed by atoms with Gasteiger partial charge in [0, 0.05) is 58.0 Å². The van der Waals surface area contributed by atoms with Crippen molar-refractivity contribution in [1.82, 2.24) is 24.5 Å². The van der Waals surface area contributed by atoms with Crippen molar-refractivity contribution >= 4 is 11.8 Å². The van der Waals surface area contributed by atoms with Gasteiger partial charge in [0.2, 0.25) is 11.8 Å². The molecule has 0 bridgehead atoms. The first-order valence-corrected chi connectivity index (χ1v) is 10.3. The third-order valence-electron chi connectivity index (χ3n) is 6.17. The molecule has 3 heterocycles. The van der Waals surface area contributed by atoms with E-state index in [1.54, 1.807) is 16.8 Å². The second kappa shape index (κ2) is 7.99. The summed E-state index contributed by atoms with van der Waals surface area (Å²) in [5.41, 5.74) is 3.29. The number of benzene rings is 1. The standard InChI is InChI=1S/C22H29N5O2/c1-4-26-14-18(16(2)23-26)13-25-10-11-27-20(15-25)21(28)24(3)19(22(27)29)12-17-8-6-5-7-9-17/h5-9,14,19-20H,4,10-13,15H2,1-3H3/t19-,20+/m0/s1. The molecule has 7 nitrogen and oxygen atoms in total. The predicted octanol–water partition coefficient (Wildman–Crippen LogP) is 1.31. The van der Waals surface area contributed by atoms with Crippen LogP contribution in [0.1, 0.15) is 23.7 Å². The zero-order valence-corrected chi connectivity index (χ0v) is 17.4. The van der Waals surface area contributed by atoms with Gasteiger partial charge < -0.3 is 9.80 Å². The summed E-state index contributed by atoms with van der Waals surface area (Å²) in [6, 6.07) is 9.10. The van der Waals surface area contributed by atoms with E-state index in [0.29, 0.717) is 19.5 Å². The fourth-order valence-electron chi connectivity index (χ4n) is 4.38. The Hall–Kier alpha value is -2.67. The molecule has 2 fully saturated rings. The lowest BCUT2D eigenvalue weighted by Gasteiger charge is -2.48. The van der Waals surface area contributed by atoms with Crippen LogP contribution in [0.3, 0.4) is 0 Å². The molecule has 0 aliphatic carbocycles. The fourth-order valence-corrected chi connectivity index (χ4v) is 4.38. The van der Waals surface area contributed by atoms with Gasteiger partial charge in [-0.05, 0) is 19.4 Å². The Morgan fingerprint density at radius 1 is 1.10 bits per heavy atom. The lowest BCUT2D eigenvalue weighted by atomic mass is 9.97. The van der Waals surface area contributed by atoms with Crippen LogP contribution >= 0.6 is 0 Å².